The molecule has 3 heteroatoms. The molecule has 0 aromatic heterocycles. The highest BCUT2D eigenvalue weighted by atomic mass is 19.1. The summed E-state index contributed by atoms with van der Waals surface area (Å²) < 4.78 is 24.2. The number of benzene rings is 1. The minimum Gasteiger partial charge on any atom is -0.374 e. The standard InChI is InChI=1S/C14H19FO2/c1-2-14(8-3-9-17-14)11-16-10-12-4-6-13(15)7-5-12/h4-7H,2-3,8-11H2,1H3. The molecule has 94 valence electrons. The van der Waals surface area contributed by atoms with E-state index in [2.05, 4.69) is 6.92 Å². The first-order valence-electron chi connectivity index (χ1n) is 6.20. The molecule has 1 fully saturated rings. The number of halogens is 1. The largest absolute Gasteiger partial charge is 0.374 e. The van der Waals surface area contributed by atoms with Crippen LogP contribution < -0.4 is 0 Å². The van der Waals surface area contributed by atoms with Gasteiger partial charge in [0, 0.05) is 6.61 Å². The Morgan fingerprint density at radius 1 is 1.35 bits per heavy atom. The van der Waals surface area contributed by atoms with E-state index in [4.69, 9.17) is 9.47 Å². The molecular weight excluding hydrogens is 219 g/mol. The molecule has 0 spiro atoms. The molecule has 0 saturated carbocycles. The molecule has 1 heterocycles. The van der Waals surface area contributed by atoms with Crippen molar-refractivity contribution >= 4 is 0 Å². The van der Waals surface area contributed by atoms with Crippen LogP contribution in [0, 0.1) is 5.82 Å². The maximum atomic E-state index is 12.7. The van der Waals surface area contributed by atoms with Crippen LogP contribution in [0.2, 0.25) is 0 Å². The molecule has 2 nitrogen and oxygen atoms in total. The molecule has 2 rings (SSSR count). The maximum Gasteiger partial charge on any atom is 0.123 e. The molecule has 0 bridgehead atoms. The van der Waals surface area contributed by atoms with Gasteiger partial charge in [-0.1, -0.05) is 19.1 Å². The summed E-state index contributed by atoms with van der Waals surface area (Å²) in [5, 5.41) is 0. The molecule has 0 N–H and O–H groups in total. The van der Waals surface area contributed by atoms with E-state index in [9.17, 15) is 4.39 Å². The van der Waals surface area contributed by atoms with E-state index >= 15 is 0 Å². The molecule has 1 unspecified atom stereocenters. The van der Waals surface area contributed by atoms with Crippen LogP contribution in [-0.2, 0) is 16.1 Å². The van der Waals surface area contributed by atoms with Crippen LogP contribution in [-0.4, -0.2) is 18.8 Å². The maximum absolute atomic E-state index is 12.7. The van der Waals surface area contributed by atoms with E-state index in [1.54, 1.807) is 12.1 Å². The average molecular weight is 238 g/mol. The first-order chi connectivity index (χ1) is 8.24. The van der Waals surface area contributed by atoms with Crippen molar-refractivity contribution in [3.05, 3.63) is 35.6 Å². The fourth-order valence-corrected chi connectivity index (χ4v) is 2.19. The predicted molar refractivity (Wildman–Crippen MR) is 64.3 cm³/mol. The zero-order chi connectivity index (χ0) is 12.1. The Morgan fingerprint density at radius 2 is 2.12 bits per heavy atom. The number of rotatable bonds is 5. The van der Waals surface area contributed by atoms with Gasteiger partial charge in [0.15, 0.2) is 0 Å². The third kappa shape index (κ3) is 3.27. The third-order valence-corrected chi connectivity index (χ3v) is 3.38. The quantitative estimate of drug-likeness (QED) is 0.783. The van der Waals surface area contributed by atoms with Gasteiger partial charge in [-0.25, -0.2) is 4.39 Å². The first-order valence-corrected chi connectivity index (χ1v) is 6.20. The lowest BCUT2D eigenvalue weighted by Crippen LogP contribution is -2.32. The molecule has 1 aromatic carbocycles. The minimum absolute atomic E-state index is 0.0833. The summed E-state index contributed by atoms with van der Waals surface area (Å²) in [6.45, 7) is 4.12. The zero-order valence-corrected chi connectivity index (χ0v) is 10.2. The molecule has 1 aliphatic rings. The smallest absolute Gasteiger partial charge is 0.123 e. The fraction of sp³-hybridized carbons (Fsp3) is 0.571. The minimum atomic E-state index is -0.210. The van der Waals surface area contributed by atoms with Crippen molar-refractivity contribution in [3.63, 3.8) is 0 Å². The first kappa shape index (κ1) is 12.5. The summed E-state index contributed by atoms with van der Waals surface area (Å²) in [5.74, 6) is -0.210. The van der Waals surface area contributed by atoms with Gasteiger partial charge in [-0.2, -0.15) is 0 Å². The van der Waals surface area contributed by atoms with Gasteiger partial charge >= 0.3 is 0 Å². The average Bonchev–Trinajstić information content (AvgIpc) is 2.81. The Balaban J connectivity index is 1.80. The second kappa shape index (κ2) is 5.61. The Bertz CT molecular complexity index is 342. The molecular formula is C14H19FO2. The van der Waals surface area contributed by atoms with Crippen molar-refractivity contribution < 1.29 is 13.9 Å². The van der Waals surface area contributed by atoms with Crippen molar-refractivity contribution in [2.24, 2.45) is 0 Å². The highest BCUT2D eigenvalue weighted by Crippen LogP contribution is 2.29. The van der Waals surface area contributed by atoms with E-state index < -0.39 is 0 Å². The van der Waals surface area contributed by atoms with Gasteiger partial charge in [-0.05, 0) is 37.0 Å². The zero-order valence-electron chi connectivity index (χ0n) is 10.2. The fourth-order valence-electron chi connectivity index (χ4n) is 2.19. The molecule has 0 aliphatic carbocycles. The topological polar surface area (TPSA) is 18.5 Å². The van der Waals surface area contributed by atoms with Gasteiger partial charge in [0.1, 0.15) is 5.82 Å². The number of hydrogen-bond donors (Lipinski definition) is 0. The SMILES string of the molecule is CCC1(COCc2ccc(F)cc2)CCCO1. The number of ether oxygens (including phenoxy) is 2. The monoisotopic (exact) mass is 238 g/mol. The summed E-state index contributed by atoms with van der Waals surface area (Å²) in [6.07, 6.45) is 3.18. The Labute approximate surface area is 102 Å². The van der Waals surface area contributed by atoms with Gasteiger partial charge in [-0.15, -0.1) is 0 Å². The van der Waals surface area contributed by atoms with Crippen LogP contribution in [0.15, 0.2) is 24.3 Å². The molecule has 1 saturated heterocycles. The highest BCUT2D eigenvalue weighted by Gasteiger charge is 2.33. The molecule has 0 amide bonds. The highest BCUT2D eigenvalue weighted by molar-refractivity contribution is 5.14. The third-order valence-electron chi connectivity index (χ3n) is 3.38. The molecule has 1 aromatic rings. The summed E-state index contributed by atoms with van der Waals surface area (Å²) >= 11 is 0. The molecule has 0 radical (unpaired) electrons. The predicted octanol–water partition coefficient (Wildman–Crippen LogP) is 3.30. The Hall–Kier alpha value is -0.930. The van der Waals surface area contributed by atoms with Crippen LogP contribution in [0.25, 0.3) is 0 Å². The summed E-state index contributed by atoms with van der Waals surface area (Å²) in [6, 6.07) is 6.42. The lowest BCUT2D eigenvalue weighted by Gasteiger charge is -2.26. The molecule has 17 heavy (non-hydrogen) atoms. The van der Waals surface area contributed by atoms with Gasteiger partial charge in [-0.3, -0.25) is 0 Å². The van der Waals surface area contributed by atoms with Crippen LogP contribution in [0.4, 0.5) is 4.39 Å². The van der Waals surface area contributed by atoms with Crippen molar-refractivity contribution in [1.29, 1.82) is 0 Å². The number of hydrogen-bond acceptors (Lipinski definition) is 2. The Morgan fingerprint density at radius 3 is 2.71 bits per heavy atom. The normalized spacial score (nSPS) is 24.1. The van der Waals surface area contributed by atoms with Gasteiger partial charge in [0.2, 0.25) is 0 Å². The molecule has 1 atom stereocenters. The van der Waals surface area contributed by atoms with E-state index in [1.807, 2.05) is 0 Å². The molecule has 1 aliphatic heterocycles. The second-order valence-corrected chi connectivity index (χ2v) is 4.61. The van der Waals surface area contributed by atoms with Gasteiger partial charge in [0.05, 0.1) is 18.8 Å². The summed E-state index contributed by atoms with van der Waals surface area (Å²) in [5.41, 5.74) is 0.913. The van der Waals surface area contributed by atoms with E-state index in [0.29, 0.717) is 13.2 Å². The van der Waals surface area contributed by atoms with Crippen molar-refractivity contribution in [1.82, 2.24) is 0 Å². The van der Waals surface area contributed by atoms with E-state index in [0.717, 1.165) is 31.4 Å². The van der Waals surface area contributed by atoms with Crippen LogP contribution >= 0.6 is 0 Å². The lowest BCUT2D eigenvalue weighted by molar-refractivity contribution is -0.0698. The van der Waals surface area contributed by atoms with Crippen molar-refractivity contribution in [3.8, 4) is 0 Å². The van der Waals surface area contributed by atoms with Gasteiger partial charge < -0.3 is 9.47 Å². The van der Waals surface area contributed by atoms with Crippen molar-refractivity contribution in [2.45, 2.75) is 38.4 Å². The van der Waals surface area contributed by atoms with E-state index in [-0.39, 0.29) is 11.4 Å². The Kier molecular flexibility index (Phi) is 4.13. The van der Waals surface area contributed by atoms with Gasteiger partial charge in [0.25, 0.3) is 0 Å². The van der Waals surface area contributed by atoms with Crippen LogP contribution in [0.3, 0.4) is 0 Å². The summed E-state index contributed by atoms with van der Waals surface area (Å²) in [7, 11) is 0. The second-order valence-electron chi connectivity index (χ2n) is 4.61. The van der Waals surface area contributed by atoms with Crippen LogP contribution in [0.5, 0.6) is 0 Å². The van der Waals surface area contributed by atoms with Crippen LogP contribution in [0.1, 0.15) is 31.7 Å². The van der Waals surface area contributed by atoms with Crippen molar-refractivity contribution in [2.75, 3.05) is 13.2 Å². The lowest BCUT2D eigenvalue weighted by atomic mass is 9.98. The van der Waals surface area contributed by atoms with E-state index in [1.165, 1.54) is 12.1 Å². The summed E-state index contributed by atoms with van der Waals surface area (Å²) in [4.78, 5) is 0.